The number of carboxylic acids is 1. The van der Waals surface area contributed by atoms with E-state index in [0.717, 1.165) is 0 Å². The molecule has 6 heteroatoms. The van der Waals surface area contributed by atoms with Gasteiger partial charge in [-0.2, -0.15) is 5.48 Å². The van der Waals surface area contributed by atoms with Crippen molar-refractivity contribution in [2.24, 2.45) is 5.73 Å². The van der Waals surface area contributed by atoms with Crippen molar-refractivity contribution < 1.29 is 19.5 Å². The minimum atomic E-state index is -1.07. The van der Waals surface area contributed by atoms with Crippen LogP contribution in [-0.2, 0) is 14.4 Å². The second-order valence-electron chi connectivity index (χ2n) is 2.22. The van der Waals surface area contributed by atoms with Crippen molar-refractivity contribution >= 4 is 11.9 Å². The van der Waals surface area contributed by atoms with Gasteiger partial charge in [-0.1, -0.05) is 0 Å². The standard InChI is InChI=1S/C6H12N2O4/c1-12-8-4(6(10)11)2-3-5(7)9/h4,8H,2-3H2,1H3,(H2,7,9)(H,10,11)/t4-/m0/s1. The Balaban J connectivity index is 3.79. The predicted octanol–water partition coefficient (Wildman–Crippen LogP) is -1.14. The summed E-state index contributed by atoms with van der Waals surface area (Å²) in [6.07, 6.45) is 0.145. The van der Waals surface area contributed by atoms with Gasteiger partial charge in [0.05, 0.1) is 7.11 Å². The second kappa shape index (κ2) is 5.50. The molecule has 4 N–H and O–H groups in total. The van der Waals surface area contributed by atoms with Crippen LogP contribution in [0.2, 0.25) is 0 Å². The summed E-state index contributed by atoms with van der Waals surface area (Å²) in [5.41, 5.74) is 7.07. The van der Waals surface area contributed by atoms with Crippen molar-refractivity contribution in [1.29, 1.82) is 0 Å². The molecular weight excluding hydrogens is 164 g/mol. The van der Waals surface area contributed by atoms with E-state index in [9.17, 15) is 9.59 Å². The molecule has 0 spiro atoms. The van der Waals surface area contributed by atoms with Gasteiger partial charge >= 0.3 is 5.97 Å². The third-order valence-corrected chi connectivity index (χ3v) is 1.24. The first-order valence-electron chi connectivity index (χ1n) is 3.37. The Hall–Kier alpha value is -1.14. The van der Waals surface area contributed by atoms with Gasteiger partial charge in [0.1, 0.15) is 6.04 Å². The summed E-state index contributed by atoms with van der Waals surface area (Å²) in [5.74, 6) is -1.60. The highest BCUT2D eigenvalue weighted by Crippen LogP contribution is 1.96. The Morgan fingerprint density at radius 3 is 2.58 bits per heavy atom. The fraction of sp³-hybridized carbons (Fsp3) is 0.667. The molecule has 0 radical (unpaired) electrons. The van der Waals surface area contributed by atoms with E-state index < -0.39 is 17.9 Å². The van der Waals surface area contributed by atoms with Crippen molar-refractivity contribution in [3.05, 3.63) is 0 Å². The summed E-state index contributed by atoms with van der Waals surface area (Å²) in [4.78, 5) is 25.1. The van der Waals surface area contributed by atoms with Crippen molar-refractivity contribution in [3.8, 4) is 0 Å². The second-order valence-corrected chi connectivity index (χ2v) is 2.22. The van der Waals surface area contributed by atoms with Crippen LogP contribution in [0.25, 0.3) is 0 Å². The third-order valence-electron chi connectivity index (χ3n) is 1.24. The van der Waals surface area contributed by atoms with E-state index in [2.05, 4.69) is 10.3 Å². The molecule has 0 aliphatic rings. The smallest absolute Gasteiger partial charge is 0.323 e. The quantitative estimate of drug-likeness (QED) is 0.444. The Bertz CT molecular complexity index is 171. The van der Waals surface area contributed by atoms with Gasteiger partial charge in [-0.25, -0.2) is 0 Å². The zero-order valence-electron chi connectivity index (χ0n) is 6.74. The largest absolute Gasteiger partial charge is 0.480 e. The lowest BCUT2D eigenvalue weighted by Crippen LogP contribution is -2.36. The Labute approximate surface area is 69.6 Å². The summed E-state index contributed by atoms with van der Waals surface area (Å²) >= 11 is 0. The van der Waals surface area contributed by atoms with Gasteiger partial charge < -0.3 is 15.7 Å². The summed E-state index contributed by atoms with van der Waals surface area (Å²) in [6, 6.07) is -0.887. The lowest BCUT2D eigenvalue weighted by atomic mass is 10.1. The molecule has 0 heterocycles. The molecule has 0 fully saturated rings. The van der Waals surface area contributed by atoms with E-state index >= 15 is 0 Å². The minimum absolute atomic E-state index is 0.0212. The maximum Gasteiger partial charge on any atom is 0.323 e. The van der Waals surface area contributed by atoms with E-state index in [1.807, 2.05) is 0 Å². The van der Waals surface area contributed by atoms with E-state index in [4.69, 9.17) is 10.8 Å². The van der Waals surface area contributed by atoms with Crippen molar-refractivity contribution in [1.82, 2.24) is 5.48 Å². The highest BCUT2D eigenvalue weighted by molar-refractivity contribution is 5.77. The molecule has 70 valence electrons. The fourth-order valence-corrected chi connectivity index (χ4v) is 0.662. The van der Waals surface area contributed by atoms with Crippen molar-refractivity contribution in [3.63, 3.8) is 0 Å². The molecule has 0 saturated heterocycles. The van der Waals surface area contributed by atoms with Crippen LogP contribution in [0.1, 0.15) is 12.8 Å². The first kappa shape index (κ1) is 10.9. The monoisotopic (exact) mass is 176 g/mol. The third kappa shape index (κ3) is 4.64. The number of hydroxylamine groups is 1. The van der Waals surface area contributed by atoms with E-state index in [0.29, 0.717) is 0 Å². The van der Waals surface area contributed by atoms with Crippen molar-refractivity contribution in [2.75, 3.05) is 7.11 Å². The molecular formula is C6H12N2O4. The van der Waals surface area contributed by atoms with E-state index in [1.165, 1.54) is 7.11 Å². The van der Waals surface area contributed by atoms with Gasteiger partial charge in [-0.3, -0.25) is 9.59 Å². The zero-order chi connectivity index (χ0) is 9.56. The topological polar surface area (TPSA) is 102 Å². The maximum absolute atomic E-state index is 10.4. The highest BCUT2D eigenvalue weighted by Gasteiger charge is 2.16. The number of carbonyl (C=O) groups is 2. The molecule has 0 aromatic heterocycles. The van der Waals surface area contributed by atoms with Crippen LogP contribution in [0.3, 0.4) is 0 Å². The van der Waals surface area contributed by atoms with Gasteiger partial charge in [0.25, 0.3) is 0 Å². The molecule has 1 atom stereocenters. The summed E-state index contributed by atoms with van der Waals surface area (Å²) in [6.45, 7) is 0. The molecule has 0 bridgehead atoms. The van der Waals surface area contributed by atoms with Crippen LogP contribution >= 0.6 is 0 Å². The molecule has 0 saturated carbocycles. The average Bonchev–Trinajstić information content (AvgIpc) is 1.96. The van der Waals surface area contributed by atoms with Gasteiger partial charge in [0.2, 0.25) is 5.91 Å². The number of amides is 1. The fourth-order valence-electron chi connectivity index (χ4n) is 0.662. The number of nitrogens with two attached hydrogens (primary N) is 1. The number of carbonyl (C=O) groups excluding carboxylic acids is 1. The Morgan fingerprint density at radius 2 is 2.25 bits per heavy atom. The van der Waals surface area contributed by atoms with Gasteiger partial charge in [-0.05, 0) is 6.42 Å². The lowest BCUT2D eigenvalue weighted by molar-refractivity contribution is -0.143. The van der Waals surface area contributed by atoms with Crippen LogP contribution < -0.4 is 11.2 Å². The maximum atomic E-state index is 10.4. The number of aliphatic carboxylic acids is 1. The average molecular weight is 176 g/mol. The summed E-state index contributed by atoms with van der Waals surface area (Å²) < 4.78 is 0. The molecule has 0 aromatic carbocycles. The molecule has 6 nitrogen and oxygen atoms in total. The number of hydrogen-bond donors (Lipinski definition) is 3. The number of primary amides is 1. The number of rotatable bonds is 6. The molecule has 0 aliphatic heterocycles. The molecule has 0 rings (SSSR count). The first-order chi connectivity index (χ1) is 5.57. The van der Waals surface area contributed by atoms with Crippen LogP contribution in [0, 0.1) is 0 Å². The molecule has 0 aromatic rings. The van der Waals surface area contributed by atoms with Crippen LogP contribution in [0.15, 0.2) is 0 Å². The lowest BCUT2D eigenvalue weighted by Gasteiger charge is -2.10. The minimum Gasteiger partial charge on any atom is -0.480 e. The van der Waals surface area contributed by atoms with E-state index in [-0.39, 0.29) is 12.8 Å². The highest BCUT2D eigenvalue weighted by atomic mass is 16.6. The van der Waals surface area contributed by atoms with Crippen LogP contribution in [0.4, 0.5) is 0 Å². The molecule has 0 unspecified atom stereocenters. The van der Waals surface area contributed by atoms with Gasteiger partial charge in [0.15, 0.2) is 0 Å². The first-order valence-corrected chi connectivity index (χ1v) is 3.37. The summed E-state index contributed by atoms with van der Waals surface area (Å²) in [5, 5.41) is 8.52. The number of carboxylic acid groups (broad SMARTS) is 1. The van der Waals surface area contributed by atoms with E-state index in [1.54, 1.807) is 0 Å². The molecule has 1 amide bonds. The SMILES string of the molecule is CON[C@@H](CCC(N)=O)C(=O)O. The molecule has 12 heavy (non-hydrogen) atoms. The summed E-state index contributed by atoms with van der Waals surface area (Å²) in [7, 11) is 1.31. The van der Waals surface area contributed by atoms with Crippen LogP contribution in [0.5, 0.6) is 0 Å². The predicted molar refractivity (Wildman–Crippen MR) is 40.0 cm³/mol. The normalized spacial score (nSPS) is 12.4. The Kier molecular flexibility index (Phi) is 4.98. The van der Waals surface area contributed by atoms with Crippen LogP contribution in [-0.4, -0.2) is 30.1 Å². The zero-order valence-corrected chi connectivity index (χ0v) is 6.74. The van der Waals surface area contributed by atoms with Gasteiger partial charge in [0, 0.05) is 6.42 Å². The van der Waals surface area contributed by atoms with Gasteiger partial charge in [-0.15, -0.1) is 0 Å². The number of nitrogens with one attached hydrogen (secondary N) is 1. The number of hydrogen-bond acceptors (Lipinski definition) is 4. The molecule has 0 aliphatic carbocycles. The van der Waals surface area contributed by atoms with Crippen molar-refractivity contribution in [2.45, 2.75) is 18.9 Å². The Morgan fingerprint density at radius 1 is 1.67 bits per heavy atom.